The van der Waals surface area contributed by atoms with Crippen LogP contribution in [0.25, 0.3) is 0 Å². The Labute approximate surface area is 101 Å². The first-order valence-electron chi connectivity index (χ1n) is 5.33. The van der Waals surface area contributed by atoms with Crippen LogP contribution >= 0.6 is 0 Å². The number of rotatable bonds is 2. The highest BCUT2D eigenvalue weighted by Crippen LogP contribution is 2.24. The summed E-state index contributed by atoms with van der Waals surface area (Å²) in [7, 11) is -3.73. The van der Waals surface area contributed by atoms with Crippen LogP contribution in [0.15, 0.2) is 0 Å². The molecular weight excluding hydrogens is 246 g/mol. The van der Waals surface area contributed by atoms with Gasteiger partial charge in [-0.05, 0) is 27.2 Å². The molecule has 1 aliphatic rings. The first kappa shape index (κ1) is 14.2. The quantitative estimate of drug-likeness (QED) is 0.735. The van der Waals surface area contributed by atoms with Gasteiger partial charge < -0.3 is 5.11 Å². The van der Waals surface area contributed by atoms with Gasteiger partial charge in [0, 0.05) is 18.6 Å². The van der Waals surface area contributed by atoms with Gasteiger partial charge in [-0.3, -0.25) is 4.90 Å². The Morgan fingerprint density at radius 3 is 2.29 bits per heavy atom. The zero-order valence-corrected chi connectivity index (χ0v) is 11.1. The van der Waals surface area contributed by atoms with E-state index in [1.165, 1.54) is 4.90 Å². The molecule has 100 valence electrons. The minimum Gasteiger partial charge on any atom is -0.465 e. The van der Waals surface area contributed by atoms with E-state index in [-0.39, 0.29) is 19.1 Å². The second kappa shape index (κ2) is 4.43. The summed E-state index contributed by atoms with van der Waals surface area (Å²) in [4.78, 5) is 12.5. The number of hydrogen-bond donors (Lipinski definition) is 2. The number of hydrogen-bond acceptors (Lipinski definition) is 3. The standard InChI is InChI=1S/C9H19N3O4S/c1-9(2,3)12(8(13)14)7-4-5-11(6-7)17(10,15)16/h7H,4-6H2,1-3H3,(H,13,14)(H2,10,15,16)/t7-/m1/s1. The van der Waals surface area contributed by atoms with Gasteiger partial charge >= 0.3 is 6.09 Å². The molecule has 1 aliphatic heterocycles. The van der Waals surface area contributed by atoms with Gasteiger partial charge in [0.15, 0.2) is 0 Å². The molecule has 0 unspecified atom stereocenters. The van der Waals surface area contributed by atoms with E-state index in [2.05, 4.69) is 0 Å². The summed E-state index contributed by atoms with van der Waals surface area (Å²) in [5.41, 5.74) is -0.565. The van der Waals surface area contributed by atoms with Crippen LogP contribution in [0.4, 0.5) is 4.79 Å². The number of carbonyl (C=O) groups is 1. The van der Waals surface area contributed by atoms with E-state index in [9.17, 15) is 18.3 Å². The highest BCUT2D eigenvalue weighted by molar-refractivity contribution is 7.86. The molecule has 8 heteroatoms. The third kappa shape index (κ3) is 3.30. The third-order valence-corrected chi connectivity index (χ3v) is 3.83. The molecular formula is C9H19N3O4S. The molecule has 0 bridgehead atoms. The maximum atomic E-state index is 11.2. The lowest BCUT2D eigenvalue weighted by Gasteiger charge is -2.37. The predicted octanol–water partition coefficient (Wildman–Crippen LogP) is 0.0427. The van der Waals surface area contributed by atoms with Gasteiger partial charge in [-0.2, -0.15) is 12.7 Å². The first-order valence-corrected chi connectivity index (χ1v) is 6.84. The normalized spacial score (nSPS) is 22.7. The van der Waals surface area contributed by atoms with Crippen molar-refractivity contribution >= 4 is 16.3 Å². The molecule has 1 atom stereocenters. The van der Waals surface area contributed by atoms with Gasteiger partial charge in [-0.1, -0.05) is 0 Å². The number of carboxylic acid groups (broad SMARTS) is 1. The van der Waals surface area contributed by atoms with E-state index in [1.807, 2.05) is 0 Å². The summed E-state index contributed by atoms with van der Waals surface area (Å²) in [6.45, 7) is 5.73. The van der Waals surface area contributed by atoms with Crippen molar-refractivity contribution in [2.75, 3.05) is 13.1 Å². The average Bonchev–Trinajstić information content (AvgIpc) is 2.47. The number of nitrogens with two attached hydrogens (primary N) is 1. The molecule has 1 heterocycles. The molecule has 0 saturated carbocycles. The largest absolute Gasteiger partial charge is 0.465 e. The summed E-state index contributed by atoms with van der Waals surface area (Å²) in [5.74, 6) is 0. The van der Waals surface area contributed by atoms with Crippen molar-refractivity contribution in [1.29, 1.82) is 0 Å². The lowest BCUT2D eigenvalue weighted by Crippen LogP contribution is -2.52. The van der Waals surface area contributed by atoms with Crippen molar-refractivity contribution in [2.45, 2.75) is 38.8 Å². The van der Waals surface area contributed by atoms with Crippen LogP contribution in [0, 0.1) is 0 Å². The van der Waals surface area contributed by atoms with Gasteiger partial charge in [0.2, 0.25) is 0 Å². The maximum Gasteiger partial charge on any atom is 0.408 e. The van der Waals surface area contributed by atoms with Crippen molar-refractivity contribution in [3.8, 4) is 0 Å². The number of amides is 1. The highest BCUT2D eigenvalue weighted by Gasteiger charge is 2.39. The molecule has 1 saturated heterocycles. The Bertz CT molecular complexity index is 401. The molecule has 0 aromatic heterocycles. The Hall–Kier alpha value is -0.860. The molecule has 0 radical (unpaired) electrons. The van der Waals surface area contributed by atoms with Crippen molar-refractivity contribution in [1.82, 2.24) is 9.21 Å². The fourth-order valence-corrected chi connectivity index (χ4v) is 2.88. The van der Waals surface area contributed by atoms with E-state index in [0.717, 1.165) is 4.31 Å². The Morgan fingerprint density at radius 1 is 1.47 bits per heavy atom. The van der Waals surface area contributed by atoms with Gasteiger partial charge in [-0.15, -0.1) is 0 Å². The van der Waals surface area contributed by atoms with Crippen LogP contribution in [0.1, 0.15) is 27.2 Å². The fourth-order valence-electron chi connectivity index (χ4n) is 2.14. The molecule has 0 aromatic carbocycles. The summed E-state index contributed by atoms with van der Waals surface area (Å²) in [6.07, 6.45) is -0.571. The van der Waals surface area contributed by atoms with E-state index in [1.54, 1.807) is 20.8 Å². The van der Waals surface area contributed by atoms with E-state index >= 15 is 0 Å². The van der Waals surface area contributed by atoms with Gasteiger partial charge in [0.1, 0.15) is 0 Å². The minimum atomic E-state index is -3.73. The minimum absolute atomic E-state index is 0.127. The SMILES string of the molecule is CC(C)(C)N(C(=O)O)[C@@H]1CCN(S(N)(=O)=O)C1. The summed E-state index contributed by atoms with van der Waals surface area (Å²) in [6, 6.07) is -0.342. The summed E-state index contributed by atoms with van der Waals surface area (Å²) in [5, 5.41) is 14.2. The van der Waals surface area contributed by atoms with Gasteiger partial charge in [0.25, 0.3) is 10.2 Å². The summed E-state index contributed by atoms with van der Waals surface area (Å²) < 4.78 is 23.4. The molecule has 0 aromatic rings. The molecule has 0 aliphatic carbocycles. The lowest BCUT2D eigenvalue weighted by molar-refractivity contribution is 0.0742. The number of nitrogens with zero attached hydrogens (tertiary/aromatic N) is 2. The van der Waals surface area contributed by atoms with E-state index < -0.39 is 21.8 Å². The van der Waals surface area contributed by atoms with E-state index in [4.69, 9.17) is 5.14 Å². The topological polar surface area (TPSA) is 104 Å². The smallest absolute Gasteiger partial charge is 0.408 e. The predicted molar refractivity (Wildman–Crippen MR) is 62.7 cm³/mol. The summed E-state index contributed by atoms with van der Waals surface area (Å²) >= 11 is 0. The molecule has 3 N–H and O–H groups in total. The second-order valence-electron chi connectivity index (χ2n) is 5.17. The van der Waals surface area contributed by atoms with Crippen molar-refractivity contribution in [3.05, 3.63) is 0 Å². The van der Waals surface area contributed by atoms with Gasteiger partial charge in [0.05, 0.1) is 6.04 Å². The molecule has 1 rings (SSSR count). The molecule has 17 heavy (non-hydrogen) atoms. The first-order chi connectivity index (χ1) is 7.53. The Kier molecular flexibility index (Phi) is 3.70. The van der Waals surface area contributed by atoms with Crippen LogP contribution in [0.2, 0.25) is 0 Å². The van der Waals surface area contributed by atoms with Crippen molar-refractivity contribution in [2.24, 2.45) is 5.14 Å². The average molecular weight is 265 g/mol. The Morgan fingerprint density at radius 2 is 2.00 bits per heavy atom. The maximum absolute atomic E-state index is 11.2. The third-order valence-electron chi connectivity index (χ3n) is 2.78. The van der Waals surface area contributed by atoms with Crippen LogP contribution in [0.5, 0.6) is 0 Å². The highest BCUT2D eigenvalue weighted by atomic mass is 32.2. The van der Waals surface area contributed by atoms with Crippen molar-refractivity contribution < 1.29 is 18.3 Å². The molecule has 0 spiro atoms. The van der Waals surface area contributed by atoms with Crippen LogP contribution in [-0.4, -0.2) is 53.5 Å². The zero-order chi connectivity index (χ0) is 13.4. The molecule has 1 fully saturated rings. The van der Waals surface area contributed by atoms with Crippen LogP contribution in [0.3, 0.4) is 0 Å². The molecule has 1 amide bonds. The Balaban J connectivity index is 2.85. The van der Waals surface area contributed by atoms with Gasteiger partial charge in [-0.25, -0.2) is 9.93 Å². The van der Waals surface area contributed by atoms with Crippen molar-refractivity contribution in [3.63, 3.8) is 0 Å². The van der Waals surface area contributed by atoms with E-state index in [0.29, 0.717) is 6.42 Å². The monoisotopic (exact) mass is 265 g/mol. The second-order valence-corrected chi connectivity index (χ2v) is 6.72. The molecule has 7 nitrogen and oxygen atoms in total. The van der Waals surface area contributed by atoms with Crippen LogP contribution < -0.4 is 5.14 Å². The van der Waals surface area contributed by atoms with Crippen LogP contribution in [-0.2, 0) is 10.2 Å². The lowest BCUT2D eigenvalue weighted by atomic mass is 10.0. The zero-order valence-electron chi connectivity index (χ0n) is 10.3. The fraction of sp³-hybridized carbons (Fsp3) is 0.889.